The summed E-state index contributed by atoms with van der Waals surface area (Å²) in [6.07, 6.45) is 1.27. The maximum atomic E-state index is 13.2. The van der Waals surface area contributed by atoms with Gasteiger partial charge in [0.05, 0.1) is 11.7 Å². The molecule has 3 amide bonds. The molecule has 31 heavy (non-hydrogen) atoms. The van der Waals surface area contributed by atoms with Crippen molar-refractivity contribution < 1.29 is 14.0 Å². The fourth-order valence-corrected chi connectivity index (χ4v) is 3.97. The molecule has 0 saturated carbocycles. The summed E-state index contributed by atoms with van der Waals surface area (Å²) < 4.78 is 14.4. The van der Waals surface area contributed by atoms with Gasteiger partial charge in [0.25, 0.3) is 5.56 Å². The van der Waals surface area contributed by atoms with Crippen molar-refractivity contribution in [3.63, 3.8) is 0 Å². The molecule has 2 N–H and O–H groups in total. The van der Waals surface area contributed by atoms with Crippen LogP contribution < -0.4 is 16.2 Å². The third kappa shape index (κ3) is 4.67. The predicted molar refractivity (Wildman–Crippen MR) is 116 cm³/mol. The topological polar surface area (TPSA) is 93.1 Å². The van der Waals surface area contributed by atoms with Crippen LogP contribution in [0.5, 0.6) is 0 Å². The van der Waals surface area contributed by atoms with Gasteiger partial charge in [0.15, 0.2) is 0 Å². The molecule has 0 aliphatic carbocycles. The van der Waals surface area contributed by atoms with Crippen LogP contribution in [0.3, 0.4) is 0 Å². The second-order valence-corrected chi connectivity index (χ2v) is 7.59. The molecule has 0 aliphatic rings. The van der Waals surface area contributed by atoms with Gasteiger partial charge in [0.2, 0.25) is 5.91 Å². The van der Waals surface area contributed by atoms with Crippen LogP contribution in [0.1, 0.15) is 5.56 Å². The maximum Gasteiger partial charge on any atom is 0.321 e. The first-order chi connectivity index (χ1) is 15.0. The van der Waals surface area contributed by atoms with Crippen molar-refractivity contribution in [1.29, 1.82) is 0 Å². The van der Waals surface area contributed by atoms with E-state index in [2.05, 4.69) is 15.6 Å². The van der Waals surface area contributed by atoms with Crippen LogP contribution >= 0.6 is 11.3 Å². The quantitative estimate of drug-likeness (QED) is 0.502. The largest absolute Gasteiger partial charge is 0.334 e. The Hall–Kier alpha value is -3.85. The van der Waals surface area contributed by atoms with Crippen LogP contribution in [-0.4, -0.2) is 21.5 Å². The van der Waals surface area contributed by atoms with Crippen LogP contribution in [-0.2, 0) is 17.9 Å². The molecular formula is C22H17FN4O3S. The van der Waals surface area contributed by atoms with Gasteiger partial charge in [-0.15, -0.1) is 11.3 Å². The molecular weight excluding hydrogens is 419 g/mol. The third-order valence-electron chi connectivity index (χ3n) is 4.58. The number of aromatic nitrogens is 2. The number of urea groups is 1. The highest BCUT2D eigenvalue weighted by Gasteiger charge is 2.15. The summed E-state index contributed by atoms with van der Waals surface area (Å²) in [5, 5.41) is 6.91. The predicted octanol–water partition coefficient (Wildman–Crippen LogP) is 3.29. The van der Waals surface area contributed by atoms with Crippen LogP contribution in [0.15, 0.2) is 71.1 Å². The van der Waals surface area contributed by atoms with Gasteiger partial charge in [0.1, 0.15) is 17.2 Å². The minimum Gasteiger partial charge on any atom is -0.334 e. The van der Waals surface area contributed by atoms with Crippen molar-refractivity contribution in [3.05, 3.63) is 88.0 Å². The molecule has 4 rings (SSSR count). The van der Waals surface area contributed by atoms with E-state index in [1.54, 1.807) is 17.5 Å². The van der Waals surface area contributed by atoms with Crippen LogP contribution in [0, 0.1) is 5.82 Å². The Morgan fingerprint density at radius 1 is 1.06 bits per heavy atom. The zero-order chi connectivity index (χ0) is 21.8. The van der Waals surface area contributed by atoms with Crippen molar-refractivity contribution in [3.8, 4) is 11.1 Å². The molecule has 7 nitrogen and oxygen atoms in total. The minimum absolute atomic E-state index is 0.267. The summed E-state index contributed by atoms with van der Waals surface area (Å²) in [6, 6.07) is 14.4. The van der Waals surface area contributed by atoms with E-state index in [-0.39, 0.29) is 18.9 Å². The highest BCUT2D eigenvalue weighted by molar-refractivity contribution is 7.17. The fraction of sp³-hybridized carbons (Fsp3) is 0.0909. The number of halogens is 1. The van der Waals surface area contributed by atoms with Crippen LogP contribution in [0.25, 0.3) is 21.3 Å². The molecule has 0 spiro atoms. The maximum absolute atomic E-state index is 13.2. The Kier molecular flexibility index (Phi) is 5.85. The fourth-order valence-electron chi connectivity index (χ4n) is 3.07. The number of imide groups is 1. The lowest BCUT2D eigenvalue weighted by Gasteiger charge is -2.08. The van der Waals surface area contributed by atoms with Crippen molar-refractivity contribution in [1.82, 2.24) is 20.2 Å². The van der Waals surface area contributed by atoms with E-state index in [9.17, 15) is 18.8 Å². The number of amides is 3. The molecule has 4 aromatic rings. The number of nitrogens with zero attached hydrogens (tertiary/aromatic N) is 2. The minimum atomic E-state index is -0.654. The molecule has 0 aliphatic heterocycles. The molecule has 2 aromatic carbocycles. The van der Waals surface area contributed by atoms with Gasteiger partial charge in [0, 0.05) is 17.5 Å². The number of hydrogen-bond donors (Lipinski definition) is 2. The smallest absolute Gasteiger partial charge is 0.321 e. The molecule has 2 aromatic heterocycles. The Morgan fingerprint density at radius 3 is 2.55 bits per heavy atom. The van der Waals surface area contributed by atoms with Gasteiger partial charge in [-0.2, -0.15) is 0 Å². The summed E-state index contributed by atoms with van der Waals surface area (Å²) in [5.41, 5.74) is 1.77. The molecule has 0 fully saturated rings. The van der Waals surface area contributed by atoms with E-state index < -0.39 is 17.5 Å². The van der Waals surface area contributed by atoms with E-state index in [0.29, 0.717) is 21.3 Å². The number of fused-ring (bicyclic) bond motifs is 1. The van der Waals surface area contributed by atoms with Gasteiger partial charge >= 0.3 is 6.03 Å². The molecule has 0 unspecified atom stereocenters. The first kappa shape index (κ1) is 20.4. The molecule has 9 heteroatoms. The Morgan fingerprint density at radius 2 is 1.81 bits per heavy atom. The second-order valence-electron chi connectivity index (χ2n) is 6.73. The van der Waals surface area contributed by atoms with E-state index in [4.69, 9.17) is 0 Å². The third-order valence-corrected chi connectivity index (χ3v) is 5.47. The highest BCUT2D eigenvalue weighted by atomic mass is 32.1. The summed E-state index contributed by atoms with van der Waals surface area (Å²) in [7, 11) is 0. The normalized spacial score (nSPS) is 10.7. The van der Waals surface area contributed by atoms with Crippen molar-refractivity contribution >= 4 is 33.5 Å². The number of carbonyl (C=O) groups excluding carboxylic acids is 2. The van der Waals surface area contributed by atoms with Gasteiger partial charge in [-0.1, -0.05) is 42.5 Å². The molecule has 2 heterocycles. The molecule has 0 radical (unpaired) electrons. The molecule has 0 atom stereocenters. The second kappa shape index (κ2) is 8.88. The lowest BCUT2D eigenvalue weighted by atomic mass is 10.1. The number of benzene rings is 2. The number of nitrogens with one attached hydrogen (secondary N) is 2. The average molecular weight is 436 g/mol. The van der Waals surface area contributed by atoms with E-state index in [1.165, 1.54) is 29.8 Å². The Balaban J connectivity index is 1.48. The summed E-state index contributed by atoms with van der Waals surface area (Å²) in [5.74, 6) is -1.02. The zero-order valence-corrected chi connectivity index (χ0v) is 17.0. The lowest BCUT2D eigenvalue weighted by molar-refractivity contribution is -0.120. The first-order valence-electron chi connectivity index (χ1n) is 9.35. The van der Waals surface area contributed by atoms with Crippen molar-refractivity contribution in [2.24, 2.45) is 0 Å². The Bertz CT molecular complexity index is 1300. The average Bonchev–Trinajstić information content (AvgIpc) is 3.20. The van der Waals surface area contributed by atoms with Crippen molar-refractivity contribution in [2.45, 2.75) is 13.1 Å². The van der Waals surface area contributed by atoms with Gasteiger partial charge in [-0.05, 0) is 23.3 Å². The summed E-state index contributed by atoms with van der Waals surface area (Å²) in [4.78, 5) is 41.9. The number of hydrogen-bond acceptors (Lipinski definition) is 5. The van der Waals surface area contributed by atoms with Gasteiger partial charge < -0.3 is 5.32 Å². The zero-order valence-electron chi connectivity index (χ0n) is 16.2. The molecule has 0 bridgehead atoms. The SMILES string of the molecule is O=C(Cn1cnc2scc(-c3ccc(F)cc3)c2c1=O)NC(=O)NCc1ccccc1. The monoisotopic (exact) mass is 436 g/mol. The summed E-state index contributed by atoms with van der Waals surface area (Å²) in [6.45, 7) is -0.0947. The van der Waals surface area contributed by atoms with Gasteiger partial charge in [-0.3, -0.25) is 19.5 Å². The molecule has 156 valence electrons. The van der Waals surface area contributed by atoms with Crippen LogP contribution in [0.2, 0.25) is 0 Å². The standard InChI is InChI=1S/C22H17FN4O3S/c23-16-8-6-15(7-9-16)17-12-31-20-19(17)21(29)27(13-25-20)11-18(28)26-22(30)24-10-14-4-2-1-3-5-14/h1-9,12-13H,10-11H2,(H2,24,26,28,30). The number of rotatable bonds is 5. The van der Waals surface area contributed by atoms with Gasteiger partial charge in [-0.25, -0.2) is 14.2 Å². The highest BCUT2D eigenvalue weighted by Crippen LogP contribution is 2.30. The molecule has 0 saturated heterocycles. The number of carbonyl (C=O) groups is 2. The van der Waals surface area contributed by atoms with Crippen molar-refractivity contribution in [2.75, 3.05) is 0 Å². The number of thiophene rings is 1. The lowest BCUT2D eigenvalue weighted by Crippen LogP contribution is -2.41. The van der Waals surface area contributed by atoms with E-state index >= 15 is 0 Å². The van der Waals surface area contributed by atoms with Crippen LogP contribution in [0.4, 0.5) is 9.18 Å². The summed E-state index contributed by atoms with van der Waals surface area (Å²) >= 11 is 1.29. The van der Waals surface area contributed by atoms with E-state index in [0.717, 1.165) is 10.1 Å². The first-order valence-corrected chi connectivity index (χ1v) is 10.2. The van der Waals surface area contributed by atoms with E-state index in [1.807, 2.05) is 30.3 Å². The Labute approximate surface area is 180 Å².